The summed E-state index contributed by atoms with van der Waals surface area (Å²) in [7, 11) is 1.59. The van der Waals surface area contributed by atoms with Crippen LogP contribution in [0, 0.1) is 0 Å². The SMILES string of the molecule is COCCNC(=O)[C@@H](N)c1ccccc1. The van der Waals surface area contributed by atoms with Gasteiger partial charge in [-0.1, -0.05) is 30.3 Å². The second-order valence-electron chi connectivity index (χ2n) is 3.17. The third-order valence-electron chi connectivity index (χ3n) is 2.05. The minimum absolute atomic E-state index is 0.182. The fourth-order valence-electron chi connectivity index (χ4n) is 1.20. The molecule has 0 saturated carbocycles. The first-order chi connectivity index (χ1) is 7.25. The van der Waals surface area contributed by atoms with E-state index in [2.05, 4.69) is 5.32 Å². The van der Waals surface area contributed by atoms with Gasteiger partial charge in [0.2, 0.25) is 5.91 Å². The number of ether oxygens (including phenoxy) is 1. The normalized spacial score (nSPS) is 12.1. The van der Waals surface area contributed by atoms with E-state index in [1.165, 1.54) is 0 Å². The van der Waals surface area contributed by atoms with E-state index >= 15 is 0 Å². The molecule has 0 radical (unpaired) electrons. The molecule has 0 bridgehead atoms. The van der Waals surface area contributed by atoms with E-state index in [1.54, 1.807) is 7.11 Å². The zero-order valence-corrected chi connectivity index (χ0v) is 8.77. The summed E-state index contributed by atoms with van der Waals surface area (Å²) in [6, 6.07) is 8.66. The van der Waals surface area contributed by atoms with Crippen LogP contribution in [-0.4, -0.2) is 26.2 Å². The maximum Gasteiger partial charge on any atom is 0.241 e. The van der Waals surface area contributed by atoms with Crippen molar-refractivity contribution in [3.8, 4) is 0 Å². The van der Waals surface area contributed by atoms with Crippen LogP contribution in [0.1, 0.15) is 11.6 Å². The lowest BCUT2D eigenvalue weighted by molar-refractivity contribution is -0.122. The Kier molecular flexibility index (Phi) is 4.80. The van der Waals surface area contributed by atoms with E-state index in [0.717, 1.165) is 5.56 Å². The fourth-order valence-corrected chi connectivity index (χ4v) is 1.20. The maximum atomic E-state index is 11.5. The minimum atomic E-state index is -0.608. The van der Waals surface area contributed by atoms with E-state index in [0.29, 0.717) is 13.2 Å². The average Bonchev–Trinajstić information content (AvgIpc) is 2.29. The van der Waals surface area contributed by atoms with Gasteiger partial charge in [-0.25, -0.2) is 0 Å². The molecule has 0 aromatic heterocycles. The lowest BCUT2D eigenvalue weighted by Gasteiger charge is -2.11. The molecule has 1 aromatic rings. The van der Waals surface area contributed by atoms with Crippen molar-refractivity contribution in [2.75, 3.05) is 20.3 Å². The molecule has 0 unspecified atom stereocenters. The van der Waals surface area contributed by atoms with Crippen LogP contribution in [0.2, 0.25) is 0 Å². The molecule has 0 aliphatic heterocycles. The lowest BCUT2D eigenvalue weighted by Crippen LogP contribution is -2.35. The van der Waals surface area contributed by atoms with E-state index < -0.39 is 6.04 Å². The van der Waals surface area contributed by atoms with Crippen molar-refractivity contribution in [2.45, 2.75) is 6.04 Å². The van der Waals surface area contributed by atoms with Crippen LogP contribution in [0.4, 0.5) is 0 Å². The molecular formula is C11H16N2O2. The van der Waals surface area contributed by atoms with Crippen molar-refractivity contribution in [2.24, 2.45) is 5.73 Å². The van der Waals surface area contributed by atoms with Gasteiger partial charge >= 0.3 is 0 Å². The van der Waals surface area contributed by atoms with E-state index in [1.807, 2.05) is 30.3 Å². The molecule has 15 heavy (non-hydrogen) atoms. The monoisotopic (exact) mass is 208 g/mol. The molecule has 4 nitrogen and oxygen atoms in total. The highest BCUT2D eigenvalue weighted by Crippen LogP contribution is 2.08. The summed E-state index contributed by atoms with van der Waals surface area (Å²) in [6.45, 7) is 0.975. The number of rotatable bonds is 5. The minimum Gasteiger partial charge on any atom is -0.383 e. The van der Waals surface area contributed by atoms with Crippen molar-refractivity contribution < 1.29 is 9.53 Å². The van der Waals surface area contributed by atoms with Crippen molar-refractivity contribution in [3.05, 3.63) is 35.9 Å². The van der Waals surface area contributed by atoms with Gasteiger partial charge in [0.05, 0.1) is 6.61 Å². The van der Waals surface area contributed by atoms with Crippen LogP contribution in [0.25, 0.3) is 0 Å². The van der Waals surface area contributed by atoms with Gasteiger partial charge in [-0.15, -0.1) is 0 Å². The fraction of sp³-hybridized carbons (Fsp3) is 0.364. The summed E-state index contributed by atoms with van der Waals surface area (Å²) >= 11 is 0. The van der Waals surface area contributed by atoms with Gasteiger partial charge in [-0.3, -0.25) is 4.79 Å². The van der Waals surface area contributed by atoms with E-state index in [4.69, 9.17) is 10.5 Å². The molecule has 4 heteroatoms. The number of hydrogen-bond donors (Lipinski definition) is 2. The number of nitrogens with two attached hydrogens (primary N) is 1. The molecule has 0 aliphatic rings. The van der Waals surface area contributed by atoms with Crippen LogP contribution in [0.15, 0.2) is 30.3 Å². The molecule has 0 heterocycles. The van der Waals surface area contributed by atoms with Crippen LogP contribution >= 0.6 is 0 Å². The van der Waals surface area contributed by atoms with Crippen molar-refractivity contribution >= 4 is 5.91 Å². The summed E-state index contributed by atoms with van der Waals surface area (Å²) in [5.74, 6) is -0.182. The Hall–Kier alpha value is -1.39. The predicted molar refractivity (Wildman–Crippen MR) is 58.3 cm³/mol. The third kappa shape index (κ3) is 3.69. The topological polar surface area (TPSA) is 64.3 Å². The molecule has 1 atom stereocenters. The van der Waals surface area contributed by atoms with Crippen LogP contribution < -0.4 is 11.1 Å². The Bertz CT molecular complexity index is 301. The van der Waals surface area contributed by atoms with Gasteiger partial charge in [0.25, 0.3) is 0 Å². The number of amides is 1. The molecule has 82 valence electrons. The highest BCUT2D eigenvalue weighted by Gasteiger charge is 2.13. The first-order valence-electron chi connectivity index (χ1n) is 4.83. The second kappa shape index (κ2) is 6.16. The highest BCUT2D eigenvalue weighted by molar-refractivity contribution is 5.82. The number of carbonyl (C=O) groups excluding carboxylic acids is 1. The molecule has 0 fully saturated rings. The van der Waals surface area contributed by atoms with E-state index in [9.17, 15) is 4.79 Å². The van der Waals surface area contributed by atoms with E-state index in [-0.39, 0.29) is 5.91 Å². The van der Waals surface area contributed by atoms with Gasteiger partial charge in [0.15, 0.2) is 0 Å². The standard InChI is InChI=1S/C11H16N2O2/c1-15-8-7-13-11(14)10(12)9-5-3-2-4-6-9/h2-6,10H,7-8,12H2,1H3,(H,13,14)/t10-/m0/s1. The molecular weight excluding hydrogens is 192 g/mol. The Morgan fingerprint density at radius 1 is 1.47 bits per heavy atom. The van der Waals surface area contributed by atoms with Gasteiger partial charge in [0, 0.05) is 13.7 Å². The van der Waals surface area contributed by atoms with Gasteiger partial charge in [-0.2, -0.15) is 0 Å². The molecule has 0 saturated heterocycles. The van der Waals surface area contributed by atoms with Crippen LogP contribution in [-0.2, 0) is 9.53 Å². The summed E-state index contributed by atoms with van der Waals surface area (Å²) in [5.41, 5.74) is 6.58. The molecule has 1 aromatic carbocycles. The Morgan fingerprint density at radius 2 is 2.13 bits per heavy atom. The zero-order chi connectivity index (χ0) is 11.1. The van der Waals surface area contributed by atoms with Crippen LogP contribution in [0.3, 0.4) is 0 Å². The number of carbonyl (C=O) groups is 1. The third-order valence-corrected chi connectivity index (χ3v) is 2.05. The number of methoxy groups -OCH3 is 1. The molecule has 0 aliphatic carbocycles. The maximum absolute atomic E-state index is 11.5. The summed E-state index contributed by atoms with van der Waals surface area (Å²) in [6.07, 6.45) is 0. The van der Waals surface area contributed by atoms with Crippen molar-refractivity contribution in [1.82, 2.24) is 5.32 Å². The van der Waals surface area contributed by atoms with Crippen molar-refractivity contribution in [3.63, 3.8) is 0 Å². The van der Waals surface area contributed by atoms with Gasteiger partial charge in [0.1, 0.15) is 6.04 Å². The zero-order valence-electron chi connectivity index (χ0n) is 8.77. The number of hydrogen-bond acceptors (Lipinski definition) is 3. The summed E-state index contributed by atoms with van der Waals surface area (Å²) in [5, 5.41) is 2.69. The Labute approximate surface area is 89.4 Å². The summed E-state index contributed by atoms with van der Waals surface area (Å²) < 4.78 is 4.82. The first-order valence-corrected chi connectivity index (χ1v) is 4.83. The second-order valence-corrected chi connectivity index (χ2v) is 3.17. The smallest absolute Gasteiger partial charge is 0.241 e. The highest BCUT2D eigenvalue weighted by atomic mass is 16.5. The number of benzene rings is 1. The lowest BCUT2D eigenvalue weighted by atomic mass is 10.1. The average molecular weight is 208 g/mol. The van der Waals surface area contributed by atoms with Crippen molar-refractivity contribution in [1.29, 1.82) is 0 Å². The molecule has 0 spiro atoms. The summed E-state index contributed by atoms with van der Waals surface area (Å²) in [4.78, 5) is 11.5. The number of nitrogens with one attached hydrogen (secondary N) is 1. The Morgan fingerprint density at radius 3 is 2.73 bits per heavy atom. The largest absolute Gasteiger partial charge is 0.383 e. The van der Waals surface area contributed by atoms with Gasteiger partial charge in [-0.05, 0) is 5.56 Å². The molecule has 1 rings (SSSR count). The first kappa shape index (κ1) is 11.7. The van der Waals surface area contributed by atoms with Gasteiger partial charge < -0.3 is 15.8 Å². The predicted octanol–water partition coefficient (Wildman–Crippen LogP) is 0.449. The molecule has 1 amide bonds. The van der Waals surface area contributed by atoms with Crippen LogP contribution in [0.5, 0.6) is 0 Å². The quantitative estimate of drug-likeness (QED) is 0.690. The molecule has 3 N–H and O–H groups in total. The Balaban J connectivity index is 2.46.